The van der Waals surface area contributed by atoms with Gasteiger partial charge < -0.3 is 10.1 Å². The first-order valence-electron chi connectivity index (χ1n) is 5.13. The van der Waals surface area contributed by atoms with E-state index in [0.29, 0.717) is 5.56 Å². The Balaban J connectivity index is 3.10. The Morgan fingerprint density at radius 2 is 1.88 bits per heavy atom. The number of carbonyl (C=O) groups excluding carboxylic acids is 1. The molecule has 1 atom stereocenters. The maximum Gasteiger partial charge on any atom is 0.307 e. The summed E-state index contributed by atoms with van der Waals surface area (Å²) in [6.07, 6.45) is -0.0110. The lowest BCUT2D eigenvalue weighted by atomic mass is 9.88. The number of esters is 1. The molecule has 0 amide bonds. The summed E-state index contributed by atoms with van der Waals surface area (Å²) in [6.45, 7) is 1.68. The maximum atomic E-state index is 13.1. The summed E-state index contributed by atoms with van der Waals surface area (Å²) >= 11 is 0. The van der Waals surface area contributed by atoms with Crippen molar-refractivity contribution in [3.63, 3.8) is 0 Å². The van der Waals surface area contributed by atoms with E-state index in [9.17, 15) is 13.6 Å². The number of ether oxygens (including phenoxy) is 1. The zero-order chi connectivity index (χ0) is 13.1. The SMILES string of the molecule is CNC(C)(CC(=O)OC)c1cc(F)cc(F)c1. The maximum absolute atomic E-state index is 13.1. The Labute approximate surface area is 98.8 Å². The van der Waals surface area contributed by atoms with E-state index in [4.69, 9.17) is 0 Å². The molecule has 94 valence electrons. The average Bonchev–Trinajstić information content (AvgIpc) is 2.27. The molecule has 0 radical (unpaired) electrons. The van der Waals surface area contributed by atoms with E-state index in [1.54, 1.807) is 14.0 Å². The van der Waals surface area contributed by atoms with Crippen molar-refractivity contribution in [1.29, 1.82) is 0 Å². The van der Waals surface area contributed by atoms with Crippen LogP contribution in [0.3, 0.4) is 0 Å². The zero-order valence-electron chi connectivity index (χ0n) is 10.0. The van der Waals surface area contributed by atoms with Crippen molar-refractivity contribution < 1.29 is 18.3 Å². The van der Waals surface area contributed by atoms with Gasteiger partial charge in [-0.3, -0.25) is 4.79 Å². The van der Waals surface area contributed by atoms with Crippen molar-refractivity contribution in [2.45, 2.75) is 18.9 Å². The van der Waals surface area contributed by atoms with Crippen molar-refractivity contribution in [2.24, 2.45) is 0 Å². The van der Waals surface area contributed by atoms with E-state index in [0.717, 1.165) is 6.07 Å². The van der Waals surface area contributed by atoms with Gasteiger partial charge in [0.15, 0.2) is 0 Å². The second-order valence-corrected chi connectivity index (χ2v) is 3.99. The van der Waals surface area contributed by atoms with Crippen LogP contribution in [0.15, 0.2) is 18.2 Å². The molecule has 3 nitrogen and oxygen atoms in total. The molecule has 0 heterocycles. The summed E-state index contributed by atoms with van der Waals surface area (Å²) in [7, 11) is 2.89. The topological polar surface area (TPSA) is 38.3 Å². The van der Waals surface area contributed by atoms with Crippen LogP contribution in [-0.2, 0) is 15.1 Å². The Hall–Kier alpha value is -1.49. The third-order valence-electron chi connectivity index (χ3n) is 2.78. The Kier molecular flexibility index (Phi) is 4.17. The van der Waals surface area contributed by atoms with E-state index in [1.165, 1.54) is 19.2 Å². The van der Waals surface area contributed by atoms with Crippen LogP contribution in [0.2, 0.25) is 0 Å². The molecule has 1 aromatic carbocycles. The molecule has 0 aliphatic heterocycles. The lowest BCUT2D eigenvalue weighted by Crippen LogP contribution is -2.39. The summed E-state index contributed by atoms with van der Waals surface area (Å²) in [5.74, 6) is -1.80. The normalized spacial score (nSPS) is 14.2. The number of nitrogens with one attached hydrogen (secondary N) is 1. The number of hydrogen-bond donors (Lipinski definition) is 1. The number of methoxy groups -OCH3 is 1. The van der Waals surface area contributed by atoms with Crippen LogP contribution in [0.5, 0.6) is 0 Å². The van der Waals surface area contributed by atoms with Gasteiger partial charge in [-0.05, 0) is 31.7 Å². The number of halogens is 2. The fraction of sp³-hybridized carbons (Fsp3) is 0.417. The first-order chi connectivity index (χ1) is 7.91. The molecule has 0 aliphatic rings. The molecule has 1 rings (SSSR count). The van der Waals surface area contributed by atoms with E-state index < -0.39 is 23.1 Å². The Bertz CT molecular complexity index is 403. The molecule has 5 heteroatoms. The summed E-state index contributed by atoms with van der Waals surface area (Å²) in [4.78, 5) is 11.3. The van der Waals surface area contributed by atoms with Crippen LogP contribution in [0.25, 0.3) is 0 Å². The van der Waals surface area contributed by atoms with Gasteiger partial charge in [-0.2, -0.15) is 0 Å². The number of benzene rings is 1. The molecule has 0 spiro atoms. The number of hydrogen-bond acceptors (Lipinski definition) is 3. The molecule has 0 fully saturated rings. The van der Waals surface area contributed by atoms with Crippen LogP contribution < -0.4 is 5.32 Å². The summed E-state index contributed by atoms with van der Waals surface area (Å²) in [5.41, 5.74) is -0.501. The molecule has 1 unspecified atom stereocenters. The van der Waals surface area contributed by atoms with Gasteiger partial charge in [0.2, 0.25) is 0 Å². The van der Waals surface area contributed by atoms with Crippen molar-refractivity contribution in [3.05, 3.63) is 35.4 Å². The van der Waals surface area contributed by atoms with E-state index in [-0.39, 0.29) is 6.42 Å². The van der Waals surface area contributed by atoms with Crippen molar-refractivity contribution >= 4 is 5.97 Å². The molecule has 0 saturated heterocycles. The van der Waals surface area contributed by atoms with Crippen LogP contribution in [0.4, 0.5) is 8.78 Å². The van der Waals surface area contributed by atoms with Crippen LogP contribution in [-0.4, -0.2) is 20.1 Å². The van der Waals surface area contributed by atoms with Crippen LogP contribution in [0.1, 0.15) is 18.9 Å². The third-order valence-corrected chi connectivity index (χ3v) is 2.78. The molecule has 0 aliphatic carbocycles. The van der Waals surface area contributed by atoms with Gasteiger partial charge in [-0.25, -0.2) is 8.78 Å². The number of carbonyl (C=O) groups is 1. The standard InChI is InChI=1S/C12H15F2NO2/c1-12(15-2,7-11(16)17-3)8-4-9(13)6-10(14)5-8/h4-6,15H,7H2,1-3H3. The van der Waals surface area contributed by atoms with Crippen LogP contribution >= 0.6 is 0 Å². The smallest absolute Gasteiger partial charge is 0.307 e. The van der Waals surface area contributed by atoms with Gasteiger partial charge in [0, 0.05) is 6.07 Å². The predicted octanol–water partition coefficient (Wildman–Crippen LogP) is 1.96. The number of rotatable bonds is 4. The lowest BCUT2D eigenvalue weighted by Gasteiger charge is -2.28. The summed E-state index contributed by atoms with van der Waals surface area (Å²) in [6, 6.07) is 3.18. The molecular formula is C12H15F2NO2. The molecule has 1 N–H and O–H groups in total. The van der Waals surface area contributed by atoms with Gasteiger partial charge in [0.05, 0.1) is 19.1 Å². The van der Waals surface area contributed by atoms with Gasteiger partial charge >= 0.3 is 5.97 Å². The quantitative estimate of drug-likeness (QED) is 0.821. The Morgan fingerprint density at radius 3 is 2.29 bits per heavy atom. The lowest BCUT2D eigenvalue weighted by molar-refractivity contribution is -0.142. The minimum atomic E-state index is -0.865. The predicted molar refractivity (Wildman–Crippen MR) is 59.4 cm³/mol. The highest BCUT2D eigenvalue weighted by Gasteiger charge is 2.29. The molecule has 0 bridgehead atoms. The minimum Gasteiger partial charge on any atom is -0.469 e. The largest absolute Gasteiger partial charge is 0.469 e. The third kappa shape index (κ3) is 3.23. The second kappa shape index (κ2) is 5.23. The van der Waals surface area contributed by atoms with Crippen LogP contribution in [0, 0.1) is 11.6 Å². The molecule has 0 aromatic heterocycles. The Morgan fingerprint density at radius 1 is 1.35 bits per heavy atom. The monoisotopic (exact) mass is 243 g/mol. The van der Waals surface area contributed by atoms with Crippen molar-refractivity contribution in [2.75, 3.05) is 14.2 Å². The van der Waals surface area contributed by atoms with Gasteiger partial charge in [0.1, 0.15) is 11.6 Å². The summed E-state index contributed by atoms with van der Waals surface area (Å²) < 4.78 is 30.8. The fourth-order valence-corrected chi connectivity index (χ4v) is 1.57. The highest BCUT2D eigenvalue weighted by Crippen LogP contribution is 2.26. The highest BCUT2D eigenvalue weighted by atomic mass is 19.1. The van der Waals surface area contributed by atoms with Crippen molar-refractivity contribution in [3.8, 4) is 0 Å². The molecule has 17 heavy (non-hydrogen) atoms. The first-order valence-corrected chi connectivity index (χ1v) is 5.13. The zero-order valence-corrected chi connectivity index (χ0v) is 10.0. The van der Waals surface area contributed by atoms with Gasteiger partial charge in [-0.1, -0.05) is 0 Å². The average molecular weight is 243 g/mol. The second-order valence-electron chi connectivity index (χ2n) is 3.99. The highest BCUT2D eigenvalue weighted by molar-refractivity contribution is 5.71. The molecule has 1 aromatic rings. The summed E-state index contributed by atoms with van der Waals surface area (Å²) in [5, 5.41) is 2.88. The first kappa shape index (κ1) is 13.6. The van der Waals surface area contributed by atoms with Gasteiger partial charge in [-0.15, -0.1) is 0 Å². The molecular weight excluding hydrogens is 228 g/mol. The molecule has 0 saturated carbocycles. The fourth-order valence-electron chi connectivity index (χ4n) is 1.57. The van der Waals surface area contributed by atoms with Gasteiger partial charge in [0.25, 0.3) is 0 Å². The van der Waals surface area contributed by atoms with E-state index in [2.05, 4.69) is 10.1 Å². The van der Waals surface area contributed by atoms with E-state index >= 15 is 0 Å². The minimum absolute atomic E-state index is 0.0110. The van der Waals surface area contributed by atoms with E-state index in [1.807, 2.05) is 0 Å². The van der Waals surface area contributed by atoms with Crippen molar-refractivity contribution in [1.82, 2.24) is 5.32 Å².